The van der Waals surface area contributed by atoms with Gasteiger partial charge in [0.05, 0.1) is 0 Å². The summed E-state index contributed by atoms with van der Waals surface area (Å²) in [6.45, 7) is 5.40. The number of aliphatic imine (C=N–C) groups is 1. The van der Waals surface area contributed by atoms with Crippen molar-refractivity contribution in [1.29, 1.82) is 0 Å². The second kappa shape index (κ2) is 11.4. The molecule has 0 unspecified atom stereocenters. The lowest BCUT2D eigenvalue weighted by Crippen LogP contribution is -2.46. The topological polar surface area (TPSA) is 77.0 Å². The first-order valence-corrected chi connectivity index (χ1v) is 10.5. The van der Waals surface area contributed by atoms with Gasteiger partial charge in [0.25, 0.3) is 5.91 Å². The van der Waals surface area contributed by atoms with Crippen LogP contribution >= 0.6 is 0 Å². The summed E-state index contributed by atoms with van der Waals surface area (Å²) in [4.78, 5) is 32.4. The van der Waals surface area contributed by atoms with Gasteiger partial charge < -0.3 is 20.4 Å². The second-order valence-electron chi connectivity index (χ2n) is 7.69. The maximum absolute atomic E-state index is 12.1. The van der Waals surface area contributed by atoms with Crippen LogP contribution in [0.25, 0.3) is 0 Å². The molecule has 2 rings (SSSR count). The van der Waals surface area contributed by atoms with Crippen LogP contribution in [0.1, 0.15) is 42.1 Å². The summed E-state index contributed by atoms with van der Waals surface area (Å²) < 4.78 is 0. The van der Waals surface area contributed by atoms with Crippen LogP contribution in [0.2, 0.25) is 0 Å². The van der Waals surface area contributed by atoms with E-state index in [9.17, 15) is 9.59 Å². The predicted molar refractivity (Wildman–Crippen MR) is 117 cm³/mol. The molecule has 1 aliphatic rings. The molecule has 0 spiro atoms. The fourth-order valence-corrected chi connectivity index (χ4v) is 3.55. The zero-order chi connectivity index (χ0) is 21.2. The number of nitrogens with one attached hydrogen (secondary N) is 2. The molecule has 7 nitrogen and oxygen atoms in total. The Hall–Kier alpha value is -2.57. The van der Waals surface area contributed by atoms with E-state index in [0.717, 1.165) is 50.4 Å². The smallest absolute Gasteiger partial charge is 0.253 e. The maximum atomic E-state index is 12.1. The number of rotatable bonds is 7. The van der Waals surface area contributed by atoms with Crippen molar-refractivity contribution in [1.82, 2.24) is 20.4 Å². The van der Waals surface area contributed by atoms with Gasteiger partial charge in [-0.05, 0) is 49.8 Å². The monoisotopic (exact) mass is 401 g/mol. The van der Waals surface area contributed by atoms with Crippen LogP contribution in [-0.2, 0) is 11.2 Å². The molecule has 1 aromatic carbocycles. The summed E-state index contributed by atoms with van der Waals surface area (Å²) in [5.41, 5.74) is 1.82. The van der Waals surface area contributed by atoms with E-state index < -0.39 is 0 Å². The third-order valence-corrected chi connectivity index (χ3v) is 5.24. The lowest BCUT2D eigenvalue weighted by Gasteiger charge is -2.34. The average Bonchev–Trinajstić information content (AvgIpc) is 2.73. The lowest BCUT2D eigenvalue weighted by molar-refractivity contribution is -0.121. The molecule has 1 heterocycles. The molecule has 0 aliphatic carbocycles. The zero-order valence-electron chi connectivity index (χ0n) is 18.2. The van der Waals surface area contributed by atoms with Gasteiger partial charge >= 0.3 is 0 Å². The standard InChI is InChI=1S/C22H35N5O2/c1-5-24-22(27-13-10-18(11-14-27)16-20(28)23-2)25-12-9-17-7-6-8-19(15-17)21(29)26(3)4/h6-8,15,18H,5,9-14,16H2,1-4H3,(H,23,28)(H,24,25). The van der Waals surface area contributed by atoms with Crippen molar-refractivity contribution < 1.29 is 9.59 Å². The van der Waals surface area contributed by atoms with Gasteiger partial charge in [0, 0.05) is 59.3 Å². The van der Waals surface area contributed by atoms with E-state index in [2.05, 4.69) is 22.5 Å². The molecule has 29 heavy (non-hydrogen) atoms. The number of guanidine groups is 1. The van der Waals surface area contributed by atoms with Gasteiger partial charge in [-0.25, -0.2) is 0 Å². The Balaban J connectivity index is 1.92. The van der Waals surface area contributed by atoms with Gasteiger partial charge in [0.15, 0.2) is 5.96 Å². The first-order valence-electron chi connectivity index (χ1n) is 10.5. The van der Waals surface area contributed by atoms with Crippen LogP contribution in [0.4, 0.5) is 0 Å². The van der Waals surface area contributed by atoms with Crippen molar-refractivity contribution in [3.05, 3.63) is 35.4 Å². The summed E-state index contributed by atoms with van der Waals surface area (Å²) in [7, 11) is 5.22. The highest BCUT2D eigenvalue weighted by atomic mass is 16.2. The largest absolute Gasteiger partial charge is 0.359 e. The summed E-state index contributed by atoms with van der Waals surface area (Å²) in [6, 6.07) is 7.77. The van der Waals surface area contributed by atoms with E-state index >= 15 is 0 Å². The Morgan fingerprint density at radius 3 is 2.59 bits per heavy atom. The third kappa shape index (κ3) is 7.07. The van der Waals surface area contributed by atoms with E-state index in [4.69, 9.17) is 4.99 Å². The maximum Gasteiger partial charge on any atom is 0.253 e. The van der Waals surface area contributed by atoms with Crippen LogP contribution in [-0.4, -0.2) is 74.9 Å². The van der Waals surface area contributed by atoms with Gasteiger partial charge in [-0.1, -0.05) is 12.1 Å². The first-order chi connectivity index (χ1) is 13.9. The zero-order valence-corrected chi connectivity index (χ0v) is 18.2. The highest BCUT2D eigenvalue weighted by Gasteiger charge is 2.23. The van der Waals surface area contributed by atoms with Gasteiger partial charge in [-0.15, -0.1) is 0 Å². The average molecular weight is 402 g/mol. The summed E-state index contributed by atoms with van der Waals surface area (Å²) in [5, 5.41) is 6.10. The highest BCUT2D eigenvalue weighted by molar-refractivity contribution is 5.94. The number of likely N-dealkylation sites (tertiary alicyclic amines) is 1. The summed E-state index contributed by atoms with van der Waals surface area (Å²) in [5.74, 6) is 1.53. The van der Waals surface area contributed by atoms with Crippen LogP contribution in [0, 0.1) is 5.92 Å². The normalized spacial score (nSPS) is 15.2. The molecule has 1 aliphatic heterocycles. The van der Waals surface area contributed by atoms with E-state index in [-0.39, 0.29) is 11.8 Å². The number of hydrogen-bond donors (Lipinski definition) is 2. The Morgan fingerprint density at radius 1 is 1.24 bits per heavy atom. The molecule has 0 atom stereocenters. The van der Waals surface area contributed by atoms with E-state index in [0.29, 0.717) is 24.4 Å². The molecular weight excluding hydrogens is 366 g/mol. The Morgan fingerprint density at radius 2 is 1.97 bits per heavy atom. The van der Waals surface area contributed by atoms with Gasteiger partial charge in [-0.3, -0.25) is 14.6 Å². The summed E-state index contributed by atoms with van der Waals surface area (Å²) >= 11 is 0. The lowest BCUT2D eigenvalue weighted by atomic mass is 9.93. The Bertz CT molecular complexity index is 709. The molecule has 0 radical (unpaired) electrons. The van der Waals surface area contributed by atoms with E-state index in [1.54, 1.807) is 26.0 Å². The molecule has 1 aromatic rings. The minimum Gasteiger partial charge on any atom is -0.359 e. The molecule has 1 saturated heterocycles. The van der Waals surface area contributed by atoms with Gasteiger partial charge in [0.2, 0.25) is 5.91 Å². The van der Waals surface area contributed by atoms with E-state index in [1.165, 1.54) is 0 Å². The third-order valence-electron chi connectivity index (χ3n) is 5.24. The molecule has 0 aromatic heterocycles. The van der Waals surface area contributed by atoms with Crippen LogP contribution in [0.15, 0.2) is 29.3 Å². The van der Waals surface area contributed by atoms with Crippen molar-refractivity contribution >= 4 is 17.8 Å². The van der Waals surface area contributed by atoms with Crippen molar-refractivity contribution in [3.63, 3.8) is 0 Å². The number of benzene rings is 1. The number of piperidine rings is 1. The molecule has 0 bridgehead atoms. The molecule has 2 N–H and O–H groups in total. The molecular formula is C22H35N5O2. The summed E-state index contributed by atoms with van der Waals surface area (Å²) in [6.07, 6.45) is 3.41. The fourth-order valence-electron chi connectivity index (χ4n) is 3.55. The van der Waals surface area contributed by atoms with Crippen molar-refractivity contribution in [2.75, 3.05) is 47.3 Å². The second-order valence-corrected chi connectivity index (χ2v) is 7.69. The minimum atomic E-state index is 0.0170. The SMILES string of the molecule is CCNC(=NCCc1cccc(C(=O)N(C)C)c1)N1CCC(CC(=O)NC)CC1. The van der Waals surface area contributed by atoms with Gasteiger partial charge in [-0.2, -0.15) is 0 Å². The number of hydrogen-bond acceptors (Lipinski definition) is 3. The van der Waals surface area contributed by atoms with Crippen molar-refractivity contribution in [2.24, 2.45) is 10.9 Å². The fraction of sp³-hybridized carbons (Fsp3) is 0.591. The molecule has 2 amide bonds. The van der Waals surface area contributed by atoms with Crippen LogP contribution in [0.5, 0.6) is 0 Å². The molecule has 1 fully saturated rings. The van der Waals surface area contributed by atoms with Crippen molar-refractivity contribution in [3.8, 4) is 0 Å². The number of carbonyl (C=O) groups is 2. The Labute approximate surface area is 174 Å². The molecule has 7 heteroatoms. The van der Waals surface area contributed by atoms with Crippen molar-refractivity contribution in [2.45, 2.75) is 32.6 Å². The number of amides is 2. The number of nitrogens with zero attached hydrogens (tertiary/aromatic N) is 3. The predicted octanol–water partition coefficient (Wildman–Crippen LogP) is 1.74. The van der Waals surface area contributed by atoms with Crippen LogP contribution < -0.4 is 10.6 Å². The van der Waals surface area contributed by atoms with Gasteiger partial charge in [0.1, 0.15) is 0 Å². The molecule has 160 valence electrons. The van der Waals surface area contributed by atoms with E-state index in [1.807, 2.05) is 24.3 Å². The first kappa shape index (κ1) is 22.7. The number of carbonyl (C=O) groups excluding carboxylic acids is 2. The highest BCUT2D eigenvalue weighted by Crippen LogP contribution is 2.20. The Kier molecular flexibility index (Phi) is 8.96. The quantitative estimate of drug-likeness (QED) is 0.539. The molecule has 0 saturated carbocycles. The van der Waals surface area contributed by atoms with Crippen LogP contribution in [0.3, 0.4) is 0 Å². The minimum absolute atomic E-state index is 0.0170.